The lowest BCUT2D eigenvalue weighted by molar-refractivity contribution is -0.146. The van der Waals surface area contributed by atoms with Gasteiger partial charge >= 0.3 is 5.97 Å². The third-order valence-corrected chi connectivity index (χ3v) is 4.49. The summed E-state index contributed by atoms with van der Waals surface area (Å²) >= 11 is 6.20. The fourth-order valence-corrected chi connectivity index (χ4v) is 3.07. The van der Waals surface area contributed by atoms with Crippen LogP contribution in [-0.4, -0.2) is 25.7 Å². The number of carbonyl (C=O) groups excluding carboxylic acids is 1. The molecule has 0 unspecified atom stereocenters. The first-order valence-electron chi connectivity index (χ1n) is 8.01. The smallest absolute Gasteiger partial charge is 0.308 e. The maximum Gasteiger partial charge on any atom is 0.308 e. The number of hydrogen-bond acceptors (Lipinski definition) is 4. The van der Waals surface area contributed by atoms with Crippen LogP contribution in [0.3, 0.4) is 0 Å². The first-order chi connectivity index (χ1) is 10.6. The molecule has 1 aliphatic rings. The monoisotopic (exact) mass is 324 g/mol. The van der Waals surface area contributed by atoms with Crippen molar-refractivity contribution in [3.63, 3.8) is 0 Å². The zero-order valence-electron chi connectivity index (χ0n) is 13.3. The molecule has 0 radical (unpaired) electrons. The summed E-state index contributed by atoms with van der Waals surface area (Å²) in [6.07, 6.45) is 4.81. The Hall–Kier alpha value is -1.42. The van der Waals surface area contributed by atoms with Gasteiger partial charge in [0.2, 0.25) is 0 Å². The van der Waals surface area contributed by atoms with Crippen molar-refractivity contribution in [2.24, 2.45) is 5.92 Å². The number of nitrogens with one attached hydrogen (secondary N) is 2. The second-order valence-electron chi connectivity index (χ2n) is 5.84. The molecule has 0 heterocycles. The van der Waals surface area contributed by atoms with Gasteiger partial charge in [-0.2, -0.15) is 0 Å². The molecule has 22 heavy (non-hydrogen) atoms. The van der Waals surface area contributed by atoms with E-state index < -0.39 is 0 Å². The zero-order chi connectivity index (χ0) is 15.9. The van der Waals surface area contributed by atoms with E-state index in [1.165, 1.54) is 7.11 Å². The Balaban J connectivity index is 1.90. The van der Waals surface area contributed by atoms with Gasteiger partial charge in [-0.25, -0.2) is 0 Å². The van der Waals surface area contributed by atoms with Crippen molar-refractivity contribution in [2.45, 2.75) is 45.1 Å². The quantitative estimate of drug-likeness (QED) is 0.766. The van der Waals surface area contributed by atoms with E-state index in [1.54, 1.807) is 0 Å². The number of rotatable bonds is 6. The van der Waals surface area contributed by atoms with Gasteiger partial charge in [0.05, 0.1) is 23.7 Å². The number of methoxy groups -OCH3 is 1. The molecule has 0 bridgehead atoms. The molecule has 0 saturated heterocycles. The molecule has 1 aromatic carbocycles. The number of carbonyl (C=O) groups is 1. The number of anilines is 2. The van der Waals surface area contributed by atoms with E-state index in [0.29, 0.717) is 6.04 Å². The van der Waals surface area contributed by atoms with Crippen molar-refractivity contribution in [1.82, 2.24) is 0 Å². The Labute approximate surface area is 137 Å². The molecule has 1 aliphatic carbocycles. The number of esters is 1. The van der Waals surface area contributed by atoms with Gasteiger partial charge in [0, 0.05) is 18.3 Å². The van der Waals surface area contributed by atoms with Gasteiger partial charge in [-0.3, -0.25) is 4.79 Å². The summed E-state index contributed by atoms with van der Waals surface area (Å²) < 4.78 is 4.83. The highest BCUT2D eigenvalue weighted by atomic mass is 35.5. The highest BCUT2D eigenvalue weighted by molar-refractivity contribution is 6.33. The normalized spacial score (nSPS) is 21.2. The molecule has 1 fully saturated rings. The molecular formula is C17H25ClN2O2. The van der Waals surface area contributed by atoms with E-state index in [0.717, 1.165) is 55.0 Å². The highest BCUT2D eigenvalue weighted by Gasteiger charge is 2.26. The Kier molecular flexibility index (Phi) is 6.37. The first kappa shape index (κ1) is 16.9. The van der Waals surface area contributed by atoms with Crippen LogP contribution >= 0.6 is 11.6 Å². The minimum atomic E-state index is -0.0732. The van der Waals surface area contributed by atoms with Gasteiger partial charge in [0.25, 0.3) is 0 Å². The molecule has 0 spiro atoms. The molecule has 0 aromatic heterocycles. The first-order valence-corrected chi connectivity index (χ1v) is 8.39. The Bertz CT molecular complexity index is 499. The van der Waals surface area contributed by atoms with Crippen molar-refractivity contribution in [3.8, 4) is 0 Å². The summed E-state index contributed by atoms with van der Waals surface area (Å²) in [5, 5.41) is 7.63. The van der Waals surface area contributed by atoms with Crippen molar-refractivity contribution in [2.75, 3.05) is 24.3 Å². The summed E-state index contributed by atoms with van der Waals surface area (Å²) in [5.74, 6) is -0.00829. The fraction of sp³-hybridized carbons (Fsp3) is 0.588. The molecule has 5 heteroatoms. The minimum absolute atomic E-state index is 0.0649. The van der Waals surface area contributed by atoms with Gasteiger partial charge in [0.15, 0.2) is 0 Å². The molecule has 2 N–H and O–H groups in total. The molecule has 122 valence electrons. The van der Waals surface area contributed by atoms with Gasteiger partial charge < -0.3 is 15.4 Å². The lowest BCUT2D eigenvalue weighted by atomic mass is 9.86. The molecule has 1 saturated carbocycles. The predicted molar refractivity (Wildman–Crippen MR) is 91.6 cm³/mol. The second kappa shape index (κ2) is 8.28. The van der Waals surface area contributed by atoms with Gasteiger partial charge in [0.1, 0.15) is 0 Å². The summed E-state index contributed by atoms with van der Waals surface area (Å²) in [5.41, 5.74) is 2.04. The third kappa shape index (κ3) is 4.54. The van der Waals surface area contributed by atoms with Gasteiger partial charge in [-0.1, -0.05) is 18.5 Å². The van der Waals surface area contributed by atoms with E-state index in [1.807, 2.05) is 12.1 Å². The van der Waals surface area contributed by atoms with Gasteiger partial charge in [-0.15, -0.1) is 0 Å². The number of hydrogen-bond donors (Lipinski definition) is 2. The Morgan fingerprint density at radius 2 is 2.05 bits per heavy atom. The van der Waals surface area contributed by atoms with Crippen molar-refractivity contribution >= 4 is 28.9 Å². The van der Waals surface area contributed by atoms with E-state index in [-0.39, 0.29) is 11.9 Å². The van der Waals surface area contributed by atoms with E-state index in [4.69, 9.17) is 16.3 Å². The Morgan fingerprint density at radius 1 is 1.32 bits per heavy atom. The van der Waals surface area contributed by atoms with Crippen LogP contribution in [0.15, 0.2) is 18.2 Å². The number of benzene rings is 1. The fourth-order valence-electron chi connectivity index (χ4n) is 2.89. The molecule has 0 aliphatic heterocycles. The minimum Gasteiger partial charge on any atom is -0.469 e. The van der Waals surface area contributed by atoms with Crippen molar-refractivity contribution in [3.05, 3.63) is 23.2 Å². The summed E-state index contributed by atoms with van der Waals surface area (Å²) in [6.45, 7) is 3.04. The zero-order valence-corrected chi connectivity index (χ0v) is 14.1. The van der Waals surface area contributed by atoms with E-state index >= 15 is 0 Å². The molecular weight excluding hydrogens is 300 g/mol. The van der Waals surface area contributed by atoms with Crippen LogP contribution in [0.25, 0.3) is 0 Å². The lowest BCUT2D eigenvalue weighted by Crippen LogP contribution is -2.29. The standard InChI is InChI=1S/C17H25ClN2O2/c1-3-10-19-16-11-14(8-9-15(16)18)20-13-6-4-12(5-7-13)17(21)22-2/h8-9,11-13,19-20H,3-7,10H2,1-2H3/t12-,13-. The lowest BCUT2D eigenvalue weighted by Gasteiger charge is -2.28. The number of ether oxygens (including phenoxy) is 1. The second-order valence-corrected chi connectivity index (χ2v) is 6.24. The molecule has 0 amide bonds. The average molecular weight is 325 g/mol. The van der Waals surface area contributed by atoms with Crippen molar-refractivity contribution < 1.29 is 9.53 Å². The van der Waals surface area contributed by atoms with Crippen LogP contribution in [0, 0.1) is 5.92 Å². The maximum absolute atomic E-state index is 11.5. The Morgan fingerprint density at radius 3 is 2.68 bits per heavy atom. The predicted octanol–water partition coefficient (Wildman–Crippen LogP) is 4.31. The maximum atomic E-state index is 11.5. The van der Waals surface area contributed by atoms with Crippen LogP contribution in [0.4, 0.5) is 11.4 Å². The van der Waals surface area contributed by atoms with Crippen LogP contribution in [0.1, 0.15) is 39.0 Å². The van der Waals surface area contributed by atoms with Crippen LogP contribution in [-0.2, 0) is 9.53 Å². The van der Waals surface area contributed by atoms with Crippen LogP contribution in [0.5, 0.6) is 0 Å². The van der Waals surface area contributed by atoms with E-state index in [2.05, 4.69) is 23.6 Å². The summed E-state index contributed by atoms with van der Waals surface area (Å²) in [6, 6.07) is 6.39. The molecule has 2 rings (SSSR count). The van der Waals surface area contributed by atoms with Crippen LogP contribution < -0.4 is 10.6 Å². The highest BCUT2D eigenvalue weighted by Crippen LogP contribution is 2.30. The number of halogens is 1. The third-order valence-electron chi connectivity index (χ3n) is 4.16. The van der Waals surface area contributed by atoms with Crippen molar-refractivity contribution in [1.29, 1.82) is 0 Å². The van der Waals surface area contributed by atoms with Gasteiger partial charge in [-0.05, 0) is 50.3 Å². The SMILES string of the molecule is CCCNc1cc(N[C@H]2CC[C@H](C(=O)OC)CC2)ccc1Cl. The topological polar surface area (TPSA) is 50.4 Å². The summed E-state index contributed by atoms with van der Waals surface area (Å²) in [7, 11) is 1.46. The molecule has 1 aromatic rings. The molecule has 0 atom stereocenters. The largest absolute Gasteiger partial charge is 0.469 e. The van der Waals surface area contributed by atoms with E-state index in [9.17, 15) is 4.79 Å². The summed E-state index contributed by atoms with van der Waals surface area (Å²) in [4.78, 5) is 11.5. The average Bonchev–Trinajstić information content (AvgIpc) is 2.55. The van der Waals surface area contributed by atoms with Crippen LogP contribution in [0.2, 0.25) is 5.02 Å². The molecule has 4 nitrogen and oxygen atoms in total.